The van der Waals surface area contributed by atoms with E-state index in [4.69, 9.17) is 18.0 Å². The summed E-state index contributed by atoms with van der Waals surface area (Å²) in [5.74, 6) is 2.48. The number of terminal acetylenes is 1. The minimum atomic E-state index is -0.0287. The molecule has 0 radical (unpaired) electrons. The zero-order valence-corrected chi connectivity index (χ0v) is 10.9. The lowest BCUT2D eigenvalue weighted by Gasteiger charge is -2.20. The molecule has 3 heteroatoms. The van der Waals surface area contributed by atoms with E-state index < -0.39 is 0 Å². The van der Waals surface area contributed by atoms with Gasteiger partial charge in [0, 0.05) is 17.1 Å². The van der Waals surface area contributed by atoms with Crippen molar-refractivity contribution in [1.82, 2.24) is 4.90 Å². The first-order valence-electron chi connectivity index (χ1n) is 5.59. The second-order valence-electron chi connectivity index (χ2n) is 3.89. The van der Waals surface area contributed by atoms with Crippen LogP contribution in [-0.2, 0) is 0 Å². The van der Waals surface area contributed by atoms with Crippen molar-refractivity contribution in [1.29, 1.82) is 0 Å². The lowest BCUT2D eigenvalue weighted by Crippen LogP contribution is -2.32. The largest absolute Gasteiger partial charge is 0.328 e. The van der Waals surface area contributed by atoms with Gasteiger partial charge >= 0.3 is 0 Å². The van der Waals surface area contributed by atoms with Crippen LogP contribution in [0.15, 0.2) is 18.2 Å². The van der Waals surface area contributed by atoms with E-state index >= 15 is 0 Å². The molecule has 2 nitrogen and oxygen atoms in total. The minimum absolute atomic E-state index is 0.0287. The monoisotopic (exact) mass is 249 g/mol. The van der Waals surface area contributed by atoms with Crippen LogP contribution in [0.4, 0.5) is 0 Å². The molecule has 0 atom stereocenters. The smallest absolute Gasteiger partial charge is 0.254 e. The number of nitrogens with zero attached hydrogens (tertiary/aromatic N) is 1. The van der Waals surface area contributed by atoms with Crippen LogP contribution in [0.25, 0.3) is 0 Å². The second kappa shape index (κ2) is 6.32. The normalized spacial score (nSPS) is 9.76. The van der Waals surface area contributed by atoms with Gasteiger partial charge in [-0.25, -0.2) is 0 Å². The number of rotatable bonds is 4. The van der Waals surface area contributed by atoms with Crippen LogP contribution in [0.5, 0.6) is 0 Å². The first-order valence-corrected chi connectivity index (χ1v) is 5.96. The fourth-order valence-corrected chi connectivity index (χ4v) is 1.90. The fraction of sp³-hybridized carbons (Fsp3) is 0.357. The molecule has 0 aliphatic rings. The molecule has 0 saturated heterocycles. The highest BCUT2D eigenvalue weighted by Crippen LogP contribution is 2.17. The Hall–Kier alpha value is -1.46. The minimum Gasteiger partial charge on any atom is -0.328 e. The summed E-state index contributed by atoms with van der Waals surface area (Å²) in [7, 11) is 0. The SMILES string of the molecule is C#CCN(CCC)C(=O)c1ccc(Cl)cc1C. The molecule has 0 aliphatic heterocycles. The summed E-state index contributed by atoms with van der Waals surface area (Å²) in [5.41, 5.74) is 1.54. The molecule has 0 aromatic heterocycles. The molecule has 0 spiro atoms. The quantitative estimate of drug-likeness (QED) is 0.751. The van der Waals surface area contributed by atoms with E-state index in [9.17, 15) is 4.79 Å². The first kappa shape index (κ1) is 13.6. The van der Waals surface area contributed by atoms with Gasteiger partial charge in [-0.05, 0) is 37.1 Å². The number of hydrogen-bond acceptors (Lipinski definition) is 1. The van der Waals surface area contributed by atoms with Crippen LogP contribution in [0.3, 0.4) is 0 Å². The Morgan fingerprint density at radius 3 is 2.76 bits per heavy atom. The molecule has 0 fully saturated rings. The summed E-state index contributed by atoms with van der Waals surface area (Å²) in [6, 6.07) is 5.26. The van der Waals surface area contributed by atoms with E-state index in [2.05, 4.69) is 5.92 Å². The third-order valence-corrected chi connectivity index (χ3v) is 2.72. The molecule has 1 amide bonds. The third-order valence-electron chi connectivity index (χ3n) is 2.48. The fourth-order valence-electron chi connectivity index (χ4n) is 1.67. The Bertz CT molecular complexity index is 448. The average molecular weight is 250 g/mol. The van der Waals surface area contributed by atoms with Gasteiger partial charge < -0.3 is 4.90 Å². The third kappa shape index (κ3) is 3.51. The Kier molecular flexibility index (Phi) is 5.06. The molecule has 1 aromatic rings. The van der Waals surface area contributed by atoms with Crippen molar-refractivity contribution >= 4 is 17.5 Å². The number of hydrogen-bond donors (Lipinski definition) is 0. The van der Waals surface area contributed by atoms with E-state index in [1.807, 2.05) is 13.8 Å². The summed E-state index contributed by atoms with van der Waals surface area (Å²) < 4.78 is 0. The summed E-state index contributed by atoms with van der Waals surface area (Å²) in [4.78, 5) is 13.9. The highest BCUT2D eigenvalue weighted by Gasteiger charge is 2.15. The zero-order chi connectivity index (χ0) is 12.8. The van der Waals surface area contributed by atoms with Gasteiger partial charge in [0.2, 0.25) is 0 Å². The Labute approximate surface area is 108 Å². The van der Waals surface area contributed by atoms with Gasteiger partial charge in [-0.2, -0.15) is 0 Å². The van der Waals surface area contributed by atoms with Gasteiger partial charge in [0.25, 0.3) is 5.91 Å². The molecule has 0 N–H and O–H groups in total. The average Bonchev–Trinajstić information content (AvgIpc) is 2.28. The van der Waals surface area contributed by atoms with Crippen molar-refractivity contribution in [3.8, 4) is 12.3 Å². The number of aryl methyl sites for hydroxylation is 1. The summed E-state index contributed by atoms with van der Waals surface area (Å²) in [6.45, 7) is 4.91. The number of carbonyl (C=O) groups excluding carboxylic acids is 1. The summed E-state index contributed by atoms with van der Waals surface area (Å²) >= 11 is 5.87. The van der Waals surface area contributed by atoms with Crippen LogP contribution in [0.1, 0.15) is 29.3 Å². The van der Waals surface area contributed by atoms with Crippen molar-refractivity contribution in [3.05, 3.63) is 34.3 Å². The van der Waals surface area contributed by atoms with Gasteiger partial charge in [-0.3, -0.25) is 4.79 Å². The summed E-state index contributed by atoms with van der Waals surface area (Å²) in [6.07, 6.45) is 6.16. The van der Waals surface area contributed by atoms with Gasteiger partial charge in [0.05, 0.1) is 6.54 Å². The van der Waals surface area contributed by atoms with Crippen molar-refractivity contribution in [2.75, 3.05) is 13.1 Å². The molecular formula is C14H16ClNO. The predicted molar refractivity (Wildman–Crippen MR) is 71.2 cm³/mol. The molecule has 1 aromatic carbocycles. The molecule has 90 valence electrons. The molecule has 1 rings (SSSR count). The standard InChI is InChI=1S/C14H16ClNO/c1-4-8-16(9-5-2)14(17)13-7-6-12(15)10-11(13)3/h1,6-7,10H,5,8-9H2,2-3H3. The number of benzene rings is 1. The van der Waals surface area contributed by atoms with E-state index in [0.29, 0.717) is 23.7 Å². The maximum atomic E-state index is 12.2. The Morgan fingerprint density at radius 1 is 1.53 bits per heavy atom. The van der Waals surface area contributed by atoms with Gasteiger partial charge in [-0.1, -0.05) is 24.4 Å². The molecule has 0 unspecified atom stereocenters. The van der Waals surface area contributed by atoms with Crippen LogP contribution >= 0.6 is 11.6 Å². The first-order chi connectivity index (χ1) is 8.10. The number of carbonyl (C=O) groups is 1. The molecule has 0 aliphatic carbocycles. The topological polar surface area (TPSA) is 20.3 Å². The van der Waals surface area contributed by atoms with Crippen LogP contribution in [0.2, 0.25) is 5.02 Å². The molecular weight excluding hydrogens is 234 g/mol. The van der Waals surface area contributed by atoms with E-state index in [0.717, 1.165) is 12.0 Å². The predicted octanol–water partition coefficient (Wildman–Crippen LogP) is 3.13. The van der Waals surface area contributed by atoms with E-state index in [-0.39, 0.29) is 5.91 Å². The van der Waals surface area contributed by atoms with E-state index in [1.54, 1.807) is 23.1 Å². The molecule has 0 heterocycles. The zero-order valence-electron chi connectivity index (χ0n) is 10.2. The maximum Gasteiger partial charge on any atom is 0.254 e. The van der Waals surface area contributed by atoms with Crippen molar-refractivity contribution in [2.24, 2.45) is 0 Å². The summed E-state index contributed by atoms with van der Waals surface area (Å²) in [5, 5.41) is 0.637. The number of halogens is 1. The van der Waals surface area contributed by atoms with Crippen LogP contribution in [-0.4, -0.2) is 23.9 Å². The lowest BCUT2D eigenvalue weighted by molar-refractivity contribution is 0.0776. The van der Waals surface area contributed by atoms with Gasteiger partial charge in [0.1, 0.15) is 0 Å². The van der Waals surface area contributed by atoms with Crippen molar-refractivity contribution < 1.29 is 4.79 Å². The van der Waals surface area contributed by atoms with Gasteiger partial charge in [-0.15, -0.1) is 6.42 Å². The maximum absolute atomic E-state index is 12.2. The van der Waals surface area contributed by atoms with Crippen molar-refractivity contribution in [3.63, 3.8) is 0 Å². The van der Waals surface area contributed by atoms with Crippen LogP contribution in [0, 0.1) is 19.3 Å². The molecule has 17 heavy (non-hydrogen) atoms. The highest BCUT2D eigenvalue weighted by atomic mass is 35.5. The van der Waals surface area contributed by atoms with Crippen LogP contribution < -0.4 is 0 Å². The second-order valence-corrected chi connectivity index (χ2v) is 4.33. The lowest BCUT2D eigenvalue weighted by atomic mass is 10.1. The van der Waals surface area contributed by atoms with E-state index in [1.165, 1.54) is 0 Å². The Balaban J connectivity index is 2.97. The Morgan fingerprint density at radius 2 is 2.24 bits per heavy atom. The number of amides is 1. The van der Waals surface area contributed by atoms with Crippen molar-refractivity contribution in [2.45, 2.75) is 20.3 Å². The molecule has 0 bridgehead atoms. The van der Waals surface area contributed by atoms with Gasteiger partial charge in [0.15, 0.2) is 0 Å². The molecule has 0 saturated carbocycles. The highest BCUT2D eigenvalue weighted by molar-refractivity contribution is 6.30.